The summed E-state index contributed by atoms with van der Waals surface area (Å²) in [5, 5.41) is 2.45. The summed E-state index contributed by atoms with van der Waals surface area (Å²) in [6.45, 7) is 0. The lowest BCUT2D eigenvalue weighted by Gasteiger charge is -2.45. The van der Waals surface area contributed by atoms with Crippen LogP contribution < -0.4 is 9.47 Å². The van der Waals surface area contributed by atoms with E-state index in [1.807, 2.05) is 0 Å². The summed E-state index contributed by atoms with van der Waals surface area (Å²) >= 11 is 0. The molecule has 3 heteroatoms. The highest BCUT2D eigenvalue weighted by atomic mass is 16.5. The van der Waals surface area contributed by atoms with Crippen molar-refractivity contribution in [3.05, 3.63) is 210 Å². The molecule has 0 N–H and O–H groups in total. The van der Waals surface area contributed by atoms with Gasteiger partial charge in [-0.1, -0.05) is 127 Å². The summed E-state index contributed by atoms with van der Waals surface area (Å²) in [5.41, 5.74) is 11.8. The molecule has 2 aliphatic heterocycles. The number of hydrogen-bond donors (Lipinski definition) is 0. The van der Waals surface area contributed by atoms with Gasteiger partial charge in [0, 0.05) is 38.7 Å². The molecule has 8 aromatic carbocycles. The molecular weight excluding hydrogens is 635 g/mol. The molecule has 9 aromatic rings. The van der Waals surface area contributed by atoms with Crippen LogP contribution in [0.5, 0.6) is 23.0 Å². The molecule has 0 radical (unpaired) electrons. The van der Waals surface area contributed by atoms with E-state index in [-0.39, 0.29) is 0 Å². The first-order valence-electron chi connectivity index (χ1n) is 17.8. The highest BCUT2D eigenvalue weighted by Crippen LogP contribution is 2.63. The van der Waals surface area contributed by atoms with Gasteiger partial charge in [-0.25, -0.2) is 0 Å². The average Bonchev–Trinajstić information content (AvgIpc) is 3.55. The predicted molar refractivity (Wildman–Crippen MR) is 210 cm³/mol. The van der Waals surface area contributed by atoms with Gasteiger partial charge in [0.2, 0.25) is 0 Å². The Morgan fingerprint density at radius 2 is 0.942 bits per heavy atom. The summed E-state index contributed by atoms with van der Waals surface area (Å²) in [4.78, 5) is 0. The zero-order valence-corrected chi connectivity index (χ0v) is 28.2. The molecule has 1 spiro atoms. The van der Waals surface area contributed by atoms with E-state index < -0.39 is 5.41 Å². The molecule has 0 amide bonds. The molecule has 0 fully saturated rings. The van der Waals surface area contributed by atoms with Crippen LogP contribution in [-0.2, 0) is 5.41 Å². The molecule has 2 aliphatic rings. The van der Waals surface area contributed by atoms with Crippen LogP contribution in [0.4, 0.5) is 0 Å². The first-order valence-corrected chi connectivity index (χ1v) is 17.8. The van der Waals surface area contributed by atoms with Crippen molar-refractivity contribution in [2.45, 2.75) is 5.41 Å². The smallest absolute Gasteiger partial charge is 0.132 e. The molecule has 0 saturated carbocycles. The van der Waals surface area contributed by atoms with E-state index in [0.29, 0.717) is 0 Å². The van der Waals surface area contributed by atoms with Gasteiger partial charge < -0.3 is 14.0 Å². The molecule has 0 bridgehead atoms. The minimum atomic E-state index is -0.718. The zero-order chi connectivity index (χ0) is 34.2. The lowest BCUT2D eigenvalue weighted by molar-refractivity contribution is 0.400. The van der Waals surface area contributed by atoms with Crippen molar-refractivity contribution >= 4 is 21.8 Å². The Hall–Kier alpha value is -6.84. The third-order valence-electron chi connectivity index (χ3n) is 10.9. The maximum atomic E-state index is 6.81. The standard InChI is InChI=1S/C49H31NO2/c1-3-14-32(15-4-1)36-19-13-25-47-48(36)49(40-21-9-12-24-45(40)52-47)39-20-8-11-23-44(39)51-46-29-27-34(31-41(46)49)33-26-28-43-38(30-33)37-18-7-10-22-42(37)50(43)35-16-5-2-6-17-35/h1-31H. The minimum absolute atomic E-state index is 0.718. The van der Waals surface area contributed by atoms with Crippen LogP contribution in [0.2, 0.25) is 0 Å². The van der Waals surface area contributed by atoms with Crippen LogP contribution >= 0.6 is 0 Å². The van der Waals surface area contributed by atoms with Crippen LogP contribution in [0.1, 0.15) is 22.3 Å². The Bertz CT molecular complexity index is 2810. The van der Waals surface area contributed by atoms with Crippen LogP contribution in [0, 0.1) is 0 Å². The molecule has 3 nitrogen and oxygen atoms in total. The Morgan fingerprint density at radius 1 is 0.365 bits per heavy atom. The second-order valence-electron chi connectivity index (χ2n) is 13.6. The van der Waals surface area contributed by atoms with Gasteiger partial charge in [-0.2, -0.15) is 0 Å². The van der Waals surface area contributed by atoms with Crippen molar-refractivity contribution in [2.24, 2.45) is 0 Å². The summed E-state index contributed by atoms with van der Waals surface area (Å²) in [5.74, 6) is 3.39. The van der Waals surface area contributed by atoms with Crippen molar-refractivity contribution in [2.75, 3.05) is 0 Å². The maximum Gasteiger partial charge on any atom is 0.132 e. The number of hydrogen-bond acceptors (Lipinski definition) is 2. The summed E-state index contributed by atoms with van der Waals surface area (Å²) in [6.07, 6.45) is 0. The lowest BCUT2D eigenvalue weighted by Crippen LogP contribution is -2.37. The fourth-order valence-electron chi connectivity index (χ4n) is 8.77. The van der Waals surface area contributed by atoms with E-state index in [9.17, 15) is 0 Å². The van der Waals surface area contributed by atoms with Crippen LogP contribution in [0.25, 0.3) is 49.7 Å². The molecule has 0 aliphatic carbocycles. The number of benzene rings is 8. The van der Waals surface area contributed by atoms with Gasteiger partial charge in [0.1, 0.15) is 23.0 Å². The van der Waals surface area contributed by atoms with E-state index in [2.05, 4.69) is 193 Å². The number of aromatic nitrogens is 1. The summed E-state index contributed by atoms with van der Waals surface area (Å²) in [6, 6.07) is 67.0. The molecule has 3 heterocycles. The van der Waals surface area contributed by atoms with Gasteiger partial charge in [0.05, 0.1) is 16.4 Å². The highest BCUT2D eigenvalue weighted by Gasteiger charge is 2.51. The summed E-state index contributed by atoms with van der Waals surface area (Å²) < 4.78 is 16.0. The van der Waals surface area contributed by atoms with Crippen LogP contribution in [0.15, 0.2) is 188 Å². The first-order chi connectivity index (χ1) is 25.8. The van der Waals surface area contributed by atoms with Gasteiger partial charge in [-0.05, 0) is 82.9 Å². The first kappa shape index (κ1) is 28.9. The normalized spacial score (nSPS) is 15.3. The Kier molecular flexibility index (Phi) is 6.17. The average molecular weight is 666 g/mol. The van der Waals surface area contributed by atoms with Crippen molar-refractivity contribution < 1.29 is 9.47 Å². The highest BCUT2D eigenvalue weighted by molar-refractivity contribution is 6.10. The lowest BCUT2D eigenvalue weighted by atomic mass is 9.60. The maximum absolute atomic E-state index is 6.81. The molecule has 1 unspecified atom stereocenters. The van der Waals surface area contributed by atoms with Gasteiger partial charge in [-0.3, -0.25) is 0 Å². The van der Waals surface area contributed by atoms with Crippen LogP contribution in [0.3, 0.4) is 0 Å². The monoisotopic (exact) mass is 665 g/mol. The summed E-state index contributed by atoms with van der Waals surface area (Å²) in [7, 11) is 0. The fourth-order valence-corrected chi connectivity index (χ4v) is 8.77. The molecule has 1 aromatic heterocycles. The number of rotatable bonds is 3. The molecule has 52 heavy (non-hydrogen) atoms. The van der Waals surface area contributed by atoms with Crippen molar-refractivity contribution in [3.8, 4) is 50.9 Å². The van der Waals surface area contributed by atoms with Gasteiger partial charge >= 0.3 is 0 Å². The Morgan fingerprint density at radius 3 is 1.73 bits per heavy atom. The van der Waals surface area contributed by atoms with E-state index in [1.165, 1.54) is 21.8 Å². The van der Waals surface area contributed by atoms with Gasteiger partial charge in [0.25, 0.3) is 0 Å². The fraction of sp³-hybridized carbons (Fsp3) is 0.0204. The topological polar surface area (TPSA) is 23.4 Å². The number of para-hydroxylation sites is 4. The predicted octanol–water partition coefficient (Wildman–Crippen LogP) is 12.7. The number of fused-ring (bicyclic) bond motifs is 11. The van der Waals surface area contributed by atoms with E-state index in [1.54, 1.807) is 0 Å². The molecule has 244 valence electrons. The Balaban J connectivity index is 1.21. The largest absolute Gasteiger partial charge is 0.457 e. The van der Waals surface area contributed by atoms with Crippen molar-refractivity contribution in [3.63, 3.8) is 0 Å². The minimum Gasteiger partial charge on any atom is -0.457 e. The molecular formula is C49H31NO2. The van der Waals surface area contributed by atoms with E-state index >= 15 is 0 Å². The number of nitrogens with zero attached hydrogens (tertiary/aromatic N) is 1. The van der Waals surface area contributed by atoms with Gasteiger partial charge in [-0.15, -0.1) is 0 Å². The van der Waals surface area contributed by atoms with E-state index in [0.717, 1.165) is 73.2 Å². The quantitative estimate of drug-likeness (QED) is 0.187. The van der Waals surface area contributed by atoms with E-state index in [4.69, 9.17) is 9.47 Å². The number of ether oxygens (including phenoxy) is 2. The second-order valence-corrected chi connectivity index (χ2v) is 13.6. The van der Waals surface area contributed by atoms with Crippen molar-refractivity contribution in [1.82, 2.24) is 4.57 Å². The third kappa shape index (κ3) is 4.02. The Labute approximate surface area is 301 Å². The van der Waals surface area contributed by atoms with Crippen molar-refractivity contribution in [1.29, 1.82) is 0 Å². The molecule has 11 rings (SSSR count). The molecule has 1 atom stereocenters. The third-order valence-corrected chi connectivity index (χ3v) is 10.9. The van der Waals surface area contributed by atoms with Crippen LogP contribution in [-0.4, -0.2) is 4.57 Å². The SMILES string of the molecule is c1ccc(-c2cccc3c2C2(c4ccccc4Oc4ccc(-c5ccc6c(c5)c5ccccc5n6-c5ccccc5)cc42)c2ccccc2O3)cc1. The van der Waals surface area contributed by atoms with Gasteiger partial charge in [0.15, 0.2) is 0 Å². The molecule has 0 saturated heterocycles. The zero-order valence-electron chi connectivity index (χ0n) is 28.2. The second kappa shape index (κ2) is 11.1.